The van der Waals surface area contributed by atoms with E-state index in [1.807, 2.05) is 24.4 Å². The van der Waals surface area contributed by atoms with Crippen molar-refractivity contribution in [3.63, 3.8) is 0 Å². The maximum atomic E-state index is 6.27. The van der Waals surface area contributed by atoms with Crippen molar-refractivity contribution in [1.82, 2.24) is 9.97 Å². The van der Waals surface area contributed by atoms with E-state index >= 15 is 0 Å². The van der Waals surface area contributed by atoms with Crippen molar-refractivity contribution in [1.29, 1.82) is 0 Å². The molecule has 118 valence electrons. The van der Waals surface area contributed by atoms with Gasteiger partial charge in [0, 0.05) is 18.2 Å². The van der Waals surface area contributed by atoms with E-state index in [0.717, 1.165) is 23.5 Å². The zero-order valence-electron chi connectivity index (χ0n) is 12.8. The Kier molecular flexibility index (Phi) is 4.01. The van der Waals surface area contributed by atoms with Crippen LogP contribution in [0.15, 0.2) is 66.9 Å². The van der Waals surface area contributed by atoms with E-state index < -0.39 is 0 Å². The first-order valence-electron chi connectivity index (χ1n) is 7.68. The summed E-state index contributed by atoms with van der Waals surface area (Å²) in [5.74, 6) is 0.886. The highest BCUT2D eigenvalue weighted by Crippen LogP contribution is 2.33. The van der Waals surface area contributed by atoms with E-state index in [4.69, 9.17) is 23.2 Å². The lowest BCUT2D eigenvalue weighted by atomic mass is 10.0. The number of benzene rings is 3. The monoisotopic (exact) mass is 352 g/mol. The SMILES string of the molecule is Clc1cccc(Cl)c1-c1c[nH]c(Cc2cccc3ccccc23)n1. The number of aromatic nitrogens is 2. The van der Waals surface area contributed by atoms with Gasteiger partial charge in [-0.05, 0) is 28.5 Å². The molecule has 0 aliphatic heterocycles. The summed E-state index contributed by atoms with van der Waals surface area (Å²) in [6.07, 6.45) is 2.58. The Labute approximate surface area is 150 Å². The topological polar surface area (TPSA) is 28.7 Å². The van der Waals surface area contributed by atoms with Crippen molar-refractivity contribution >= 4 is 34.0 Å². The molecule has 0 unspecified atom stereocenters. The predicted octanol–water partition coefficient (Wildman–Crippen LogP) is 6.13. The van der Waals surface area contributed by atoms with Gasteiger partial charge in [0.05, 0.1) is 15.7 Å². The van der Waals surface area contributed by atoms with E-state index in [1.54, 1.807) is 0 Å². The molecule has 0 saturated carbocycles. The number of fused-ring (bicyclic) bond motifs is 1. The minimum atomic E-state index is 0.603. The molecule has 4 heteroatoms. The number of halogens is 2. The molecule has 0 aliphatic carbocycles. The first kappa shape index (κ1) is 15.3. The lowest BCUT2D eigenvalue weighted by Gasteiger charge is -2.05. The van der Waals surface area contributed by atoms with Crippen LogP contribution >= 0.6 is 23.2 Å². The van der Waals surface area contributed by atoms with Gasteiger partial charge in [-0.25, -0.2) is 4.98 Å². The third-order valence-electron chi connectivity index (χ3n) is 4.09. The number of rotatable bonds is 3. The lowest BCUT2D eigenvalue weighted by molar-refractivity contribution is 1.04. The number of imidazole rings is 1. The number of H-pyrrole nitrogens is 1. The molecule has 4 rings (SSSR count). The molecule has 0 amide bonds. The van der Waals surface area contributed by atoms with Gasteiger partial charge in [-0.1, -0.05) is 71.7 Å². The molecule has 0 saturated heterocycles. The maximum Gasteiger partial charge on any atom is 0.111 e. The Hall–Kier alpha value is -2.29. The molecule has 0 radical (unpaired) electrons. The van der Waals surface area contributed by atoms with E-state index in [0.29, 0.717) is 10.0 Å². The highest BCUT2D eigenvalue weighted by Gasteiger charge is 2.12. The molecule has 4 aromatic rings. The van der Waals surface area contributed by atoms with Crippen LogP contribution in [0.5, 0.6) is 0 Å². The average molecular weight is 353 g/mol. The fraction of sp³-hybridized carbons (Fsp3) is 0.0500. The summed E-state index contributed by atoms with van der Waals surface area (Å²) in [5, 5.41) is 3.68. The minimum Gasteiger partial charge on any atom is -0.348 e. The quantitative estimate of drug-likeness (QED) is 0.472. The van der Waals surface area contributed by atoms with Crippen LogP contribution in [0.4, 0.5) is 0 Å². The molecular formula is C20H14Cl2N2. The van der Waals surface area contributed by atoms with Gasteiger partial charge in [-0.15, -0.1) is 0 Å². The Morgan fingerprint density at radius 1 is 0.833 bits per heavy atom. The summed E-state index contributed by atoms with van der Waals surface area (Å²) in [6.45, 7) is 0. The van der Waals surface area contributed by atoms with Gasteiger partial charge in [-0.3, -0.25) is 0 Å². The molecule has 0 spiro atoms. The Balaban J connectivity index is 1.71. The molecule has 0 atom stereocenters. The summed E-state index contributed by atoms with van der Waals surface area (Å²) in [4.78, 5) is 7.92. The third kappa shape index (κ3) is 2.79. The molecule has 0 fully saturated rings. The van der Waals surface area contributed by atoms with Crippen LogP contribution in [-0.4, -0.2) is 9.97 Å². The van der Waals surface area contributed by atoms with Gasteiger partial charge in [-0.2, -0.15) is 0 Å². The normalized spacial score (nSPS) is 11.1. The van der Waals surface area contributed by atoms with Gasteiger partial charge in [0.2, 0.25) is 0 Å². The third-order valence-corrected chi connectivity index (χ3v) is 4.72. The van der Waals surface area contributed by atoms with Gasteiger partial charge >= 0.3 is 0 Å². The van der Waals surface area contributed by atoms with Crippen LogP contribution in [0.25, 0.3) is 22.0 Å². The molecule has 1 N–H and O–H groups in total. The molecule has 2 nitrogen and oxygen atoms in total. The van der Waals surface area contributed by atoms with Crippen molar-refractivity contribution in [3.8, 4) is 11.3 Å². The first-order valence-corrected chi connectivity index (χ1v) is 8.43. The Bertz CT molecular complexity index is 996. The van der Waals surface area contributed by atoms with Gasteiger partial charge < -0.3 is 4.98 Å². The fourth-order valence-electron chi connectivity index (χ4n) is 2.95. The summed E-state index contributed by atoms with van der Waals surface area (Å²) < 4.78 is 0. The fourth-order valence-corrected chi connectivity index (χ4v) is 3.54. The molecule has 24 heavy (non-hydrogen) atoms. The Morgan fingerprint density at radius 2 is 1.54 bits per heavy atom. The lowest BCUT2D eigenvalue weighted by Crippen LogP contribution is -1.92. The largest absolute Gasteiger partial charge is 0.348 e. The van der Waals surface area contributed by atoms with E-state index in [1.165, 1.54) is 16.3 Å². The number of hydrogen-bond donors (Lipinski definition) is 1. The van der Waals surface area contributed by atoms with Crippen LogP contribution in [0.2, 0.25) is 10.0 Å². The zero-order valence-corrected chi connectivity index (χ0v) is 14.3. The highest BCUT2D eigenvalue weighted by molar-refractivity contribution is 6.39. The summed E-state index contributed by atoms with van der Waals surface area (Å²) >= 11 is 12.5. The number of aromatic amines is 1. The van der Waals surface area contributed by atoms with E-state index in [9.17, 15) is 0 Å². The number of hydrogen-bond acceptors (Lipinski definition) is 1. The summed E-state index contributed by atoms with van der Waals surface area (Å²) in [6, 6.07) is 20.2. The Morgan fingerprint density at radius 3 is 2.38 bits per heavy atom. The van der Waals surface area contributed by atoms with Crippen molar-refractivity contribution in [2.75, 3.05) is 0 Å². The highest BCUT2D eigenvalue weighted by atomic mass is 35.5. The van der Waals surface area contributed by atoms with Crippen molar-refractivity contribution in [2.24, 2.45) is 0 Å². The number of nitrogens with one attached hydrogen (secondary N) is 1. The second-order valence-electron chi connectivity index (χ2n) is 5.64. The molecule has 3 aromatic carbocycles. The van der Waals surface area contributed by atoms with Crippen LogP contribution < -0.4 is 0 Å². The van der Waals surface area contributed by atoms with Crippen LogP contribution in [0, 0.1) is 0 Å². The second-order valence-corrected chi connectivity index (χ2v) is 6.46. The molecule has 1 aromatic heterocycles. The minimum absolute atomic E-state index is 0.603. The maximum absolute atomic E-state index is 6.27. The van der Waals surface area contributed by atoms with Crippen molar-refractivity contribution in [3.05, 3.63) is 88.3 Å². The van der Waals surface area contributed by atoms with Gasteiger partial charge in [0.15, 0.2) is 0 Å². The average Bonchev–Trinajstić information content (AvgIpc) is 3.03. The summed E-state index contributed by atoms with van der Waals surface area (Å²) in [5.41, 5.74) is 2.77. The van der Waals surface area contributed by atoms with E-state index in [2.05, 4.69) is 52.4 Å². The zero-order chi connectivity index (χ0) is 16.5. The standard InChI is InChI=1S/C20H14Cl2N2/c21-16-9-4-10-17(22)20(16)18-12-23-19(24-18)11-14-7-3-6-13-5-1-2-8-15(13)14/h1-10,12H,11H2,(H,23,24). The van der Waals surface area contributed by atoms with Crippen molar-refractivity contribution in [2.45, 2.75) is 6.42 Å². The molecule has 0 aliphatic rings. The molecule has 1 heterocycles. The van der Waals surface area contributed by atoms with Crippen molar-refractivity contribution < 1.29 is 0 Å². The first-order chi connectivity index (χ1) is 11.7. The number of nitrogens with zero attached hydrogens (tertiary/aromatic N) is 1. The second kappa shape index (κ2) is 6.31. The van der Waals surface area contributed by atoms with Crippen LogP contribution in [0.1, 0.15) is 11.4 Å². The van der Waals surface area contributed by atoms with E-state index in [-0.39, 0.29) is 0 Å². The molecular weight excluding hydrogens is 339 g/mol. The van der Waals surface area contributed by atoms with Gasteiger partial charge in [0.1, 0.15) is 5.82 Å². The van der Waals surface area contributed by atoms with Gasteiger partial charge in [0.25, 0.3) is 0 Å². The van der Waals surface area contributed by atoms with Crippen LogP contribution in [0.3, 0.4) is 0 Å². The summed E-state index contributed by atoms with van der Waals surface area (Å²) in [7, 11) is 0. The predicted molar refractivity (Wildman–Crippen MR) is 101 cm³/mol. The van der Waals surface area contributed by atoms with Crippen LogP contribution in [-0.2, 0) is 6.42 Å². The molecule has 0 bridgehead atoms. The smallest absolute Gasteiger partial charge is 0.111 e.